The zero-order valence-electron chi connectivity index (χ0n) is 10.2. The van der Waals surface area contributed by atoms with Gasteiger partial charge in [-0.05, 0) is 12.5 Å². The smallest absolute Gasteiger partial charge is 0.153 e. The molecule has 98 valence electrons. The van der Waals surface area contributed by atoms with Crippen molar-refractivity contribution in [2.24, 2.45) is 0 Å². The third-order valence-corrected chi connectivity index (χ3v) is 3.09. The largest absolute Gasteiger partial charge is 0.328 e. The molecule has 0 N–H and O–H groups in total. The third-order valence-electron chi connectivity index (χ3n) is 2.90. The van der Waals surface area contributed by atoms with Gasteiger partial charge in [0.05, 0.1) is 5.52 Å². The zero-order chi connectivity index (χ0) is 13.1. The van der Waals surface area contributed by atoms with Crippen molar-refractivity contribution in [3.8, 4) is 0 Å². The molecule has 0 aliphatic rings. The number of fused-ring (bicyclic) bond motifs is 1. The average molecular weight is 273 g/mol. The quantitative estimate of drug-likeness (QED) is 0.755. The molecule has 0 unspecified atom stereocenters. The van der Waals surface area contributed by atoms with Crippen LogP contribution in [0.25, 0.3) is 11.0 Å². The predicted octanol–water partition coefficient (Wildman–Crippen LogP) is 3.90. The highest BCUT2D eigenvalue weighted by Crippen LogP contribution is 2.22. The van der Waals surface area contributed by atoms with E-state index in [0.717, 1.165) is 24.7 Å². The number of hydrogen-bond donors (Lipinski definition) is 0. The molecule has 5 heteroatoms. The minimum atomic E-state index is -0.615. The normalized spacial score (nSPS) is 11.3. The van der Waals surface area contributed by atoms with Gasteiger partial charge in [0.2, 0.25) is 0 Å². The van der Waals surface area contributed by atoms with Crippen LogP contribution in [-0.2, 0) is 13.0 Å². The second-order valence-corrected chi connectivity index (χ2v) is 4.61. The molecule has 0 radical (unpaired) electrons. The maximum atomic E-state index is 13.7. The van der Waals surface area contributed by atoms with Gasteiger partial charge in [0.15, 0.2) is 5.82 Å². The van der Waals surface area contributed by atoms with Gasteiger partial charge < -0.3 is 4.57 Å². The highest BCUT2D eigenvalue weighted by atomic mass is 35.5. The molecule has 0 saturated heterocycles. The Bertz CT molecular complexity index is 551. The van der Waals surface area contributed by atoms with Gasteiger partial charge in [-0.15, -0.1) is 11.6 Å². The van der Waals surface area contributed by atoms with E-state index in [1.807, 2.05) is 4.57 Å². The van der Waals surface area contributed by atoms with Crippen LogP contribution >= 0.6 is 11.6 Å². The van der Waals surface area contributed by atoms with Gasteiger partial charge >= 0.3 is 0 Å². The molecule has 2 aromatic rings. The summed E-state index contributed by atoms with van der Waals surface area (Å²) in [4.78, 5) is 4.23. The number of imidazole rings is 1. The molecule has 0 amide bonds. The third kappa shape index (κ3) is 2.48. The minimum Gasteiger partial charge on any atom is -0.328 e. The van der Waals surface area contributed by atoms with Crippen molar-refractivity contribution in [2.75, 3.05) is 5.88 Å². The standard InChI is InChI=1S/C13H15ClF2N2/c1-2-3-6-18-11-8-9(15)7-10(16)13(11)17-12(18)4-5-14/h7-8H,2-6H2,1H3. The summed E-state index contributed by atoms with van der Waals surface area (Å²) >= 11 is 5.72. The van der Waals surface area contributed by atoms with E-state index >= 15 is 0 Å². The van der Waals surface area contributed by atoms with E-state index in [1.54, 1.807) is 0 Å². The number of nitrogens with zero attached hydrogens (tertiary/aromatic N) is 2. The predicted molar refractivity (Wildman–Crippen MR) is 69.0 cm³/mol. The zero-order valence-corrected chi connectivity index (χ0v) is 11.0. The number of aryl methyl sites for hydroxylation is 2. The molecule has 0 aliphatic carbocycles. The van der Waals surface area contributed by atoms with Crippen LogP contribution in [0.15, 0.2) is 12.1 Å². The summed E-state index contributed by atoms with van der Waals surface area (Å²) in [5.41, 5.74) is 0.744. The average Bonchev–Trinajstić information content (AvgIpc) is 2.65. The molecule has 0 aliphatic heterocycles. The molecule has 0 bridgehead atoms. The van der Waals surface area contributed by atoms with Crippen molar-refractivity contribution in [2.45, 2.75) is 32.7 Å². The van der Waals surface area contributed by atoms with Crippen LogP contribution in [0.5, 0.6) is 0 Å². The number of halogens is 3. The molecule has 1 aromatic carbocycles. The van der Waals surface area contributed by atoms with E-state index in [0.29, 0.717) is 24.4 Å². The number of hydrogen-bond acceptors (Lipinski definition) is 1. The molecular weight excluding hydrogens is 258 g/mol. The highest BCUT2D eigenvalue weighted by Gasteiger charge is 2.14. The van der Waals surface area contributed by atoms with Crippen molar-refractivity contribution in [1.29, 1.82) is 0 Å². The fourth-order valence-corrected chi connectivity index (χ4v) is 2.21. The van der Waals surface area contributed by atoms with E-state index in [-0.39, 0.29) is 5.52 Å². The molecule has 18 heavy (non-hydrogen) atoms. The lowest BCUT2D eigenvalue weighted by atomic mass is 10.2. The van der Waals surface area contributed by atoms with Crippen LogP contribution in [0.4, 0.5) is 8.78 Å². The van der Waals surface area contributed by atoms with Crippen molar-refractivity contribution < 1.29 is 8.78 Å². The lowest BCUT2D eigenvalue weighted by Crippen LogP contribution is -2.04. The number of unbranched alkanes of at least 4 members (excludes halogenated alkanes) is 1. The van der Waals surface area contributed by atoms with Gasteiger partial charge in [0.1, 0.15) is 17.2 Å². The molecule has 2 rings (SSSR count). The van der Waals surface area contributed by atoms with Crippen molar-refractivity contribution in [3.63, 3.8) is 0 Å². The van der Waals surface area contributed by atoms with Crippen LogP contribution in [0.3, 0.4) is 0 Å². The summed E-state index contributed by atoms with van der Waals surface area (Å²) in [5.74, 6) is -0.0522. The van der Waals surface area contributed by atoms with Crippen LogP contribution in [0, 0.1) is 11.6 Å². The lowest BCUT2D eigenvalue weighted by molar-refractivity contribution is 0.588. The van der Waals surface area contributed by atoms with E-state index in [4.69, 9.17) is 11.6 Å². The molecular formula is C13H15ClF2N2. The maximum Gasteiger partial charge on any atom is 0.153 e. The van der Waals surface area contributed by atoms with Crippen LogP contribution < -0.4 is 0 Å². The van der Waals surface area contributed by atoms with E-state index in [9.17, 15) is 8.78 Å². The summed E-state index contributed by atoms with van der Waals surface area (Å²) in [6, 6.07) is 2.20. The van der Waals surface area contributed by atoms with E-state index in [1.165, 1.54) is 6.07 Å². The van der Waals surface area contributed by atoms with Crippen LogP contribution in [0.1, 0.15) is 25.6 Å². The first kappa shape index (κ1) is 13.3. The first-order chi connectivity index (χ1) is 8.67. The highest BCUT2D eigenvalue weighted by molar-refractivity contribution is 6.17. The van der Waals surface area contributed by atoms with Gasteiger partial charge in [-0.3, -0.25) is 0 Å². The van der Waals surface area contributed by atoms with E-state index in [2.05, 4.69) is 11.9 Å². The summed E-state index contributed by atoms with van der Waals surface area (Å²) in [5, 5.41) is 0. The monoisotopic (exact) mass is 272 g/mol. The fourth-order valence-electron chi connectivity index (χ4n) is 2.04. The SMILES string of the molecule is CCCCn1c(CCCl)nc2c(F)cc(F)cc21. The van der Waals surface area contributed by atoms with Gasteiger partial charge in [0, 0.05) is 24.9 Å². The number of alkyl halides is 1. The molecule has 0 atom stereocenters. The summed E-state index contributed by atoms with van der Waals surface area (Å²) in [7, 11) is 0. The Morgan fingerprint density at radius 3 is 2.78 bits per heavy atom. The Kier molecular flexibility index (Phi) is 4.17. The summed E-state index contributed by atoms with van der Waals surface area (Å²) < 4.78 is 28.8. The van der Waals surface area contributed by atoms with E-state index < -0.39 is 11.6 Å². The Balaban J connectivity index is 2.57. The van der Waals surface area contributed by atoms with Crippen LogP contribution in [0.2, 0.25) is 0 Å². The minimum absolute atomic E-state index is 0.229. The maximum absolute atomic E-state index is 13.7. The second kappa shape index (κ2) is 5.65. The van der Waals surface area contributed by atoms with Gasteiger partial charge in [0.25, 0.3) is 0 Å². The van der Waals surface area contributed by atoms with Gasteiger partial charge in [-0.25, -0.2) is 13.8 Å². The second-order valence-electron chi connectivity index (χ2n) is 4.23. The molecule has 0 fully saturated rings. The fraction of sp³-hybridized carbons (Fsp3) is 0.462. The van der Waals surface area contributed by atoms with Crippen molar-refractivity contribution in [1.82, 2.24) is 9.55 Å². The molecule has 0 spiro atoms. The lowest BCUT2D eigenvalue weighted by Gasteiger charge is -2.07. The Hall–Kier alpha value is -1.16. The number of benzene rings is 1. The first-order valence-corrected chi connectivity index (χ1v) is 6.61. The Morgan fingerprint density at radius 2 is 2.11 bits per heavy atom. The molecule has 1 aromatic heterocycles. The van der Waals surface area contributed by atoms with Crippen molar-refractivity contribution >= 4 is 22.6 Å². The number of aromatic nitrogens is 2. The summed E-state index contributed by atoms with van der Waals surface area (Å²) in [6.07, 6.45) is 2.51. The number of rotatable bonds is 5. The van der Waals surface area contributed by atoms with Crippen molar-refractivity contribution in [3.05, 3.63) is 29.6 Å². The molecule has 0 saturated carbocycles. The molecule has 1 heterocycles. The first-order valence-electron chi connectivity index (χ1n) is 6.07. The molecule has 2 nitrogen and oxygen atoms in total. The Morgan fingerprint density at radius 1 is 1.33 bits per heavy atom. The topological polar surface area (TPSA) is 17.8 Å². The van der Waals surface area contributed by atoms with Gasteiger partial charge in [-0.1, -0.05) is 13.3 Å². The van der Waals surface area contributed by atoms with Gasteiger partial charge in [-0.2, -0.15) is 0 Å². The summed E-state index contributed by atoms with van der Waals surface area (Å²) in [6.45, 7) is 2.78. The Labute approximate surface area is 110 Å². The van der Waals surface area contributed by atoms with Crippen LogP contribution in [-0.4, -0.2) is 15.4 Å².